The van der Waals surface area contributed by atoms with E-state index in [1.165, 1.54) is 11.3 Å². The summed E-state index contributed by atoms with van der Waals surface area (Å²) < 4.78 is 27.1. The van der Waals surface area contributed by atoms with Crippen LogP contribution in [0.3, 0.4) is 0 Å². The maximum Gasteiger partial charge on any atom is 0.244 e. The minimum atomic E-state index is -3.48. The number of nitrogens with zero attached hydrogens (tertiary/aromatic N) is 1. The summed E-state index contributed by atoms with van der Waals surface area (Å²) >= 11 is 1.31. The lowest BCUT2D eigenvalue weighted by Crippen LogP contribution is -2.43. The summed E-state index contributed by atoms with van der Waals surface area (Å²) in [7, 11) is -3.48. The molecule has 0 radical (unpaired) electrons. The summed E-state index contributed by atoms with van der Waals surface area (Å²) in [4.78, 5) is 0.860. The largest absolute Gasteiger partial charge is 0.391 e. The number of thiophene rings is 1. The Morgan fingerprint density at radius 2 is 2.16 bits per heavy atom. The second-order valence-corrected chi connectivity index (χ2v) is 8.77. The van der Waals surface area contributed by atoms with Gasteiger partial charge in [-0.3, -0.25) is 0 Å². The minimum Gasteiger partial charge on any atom is -0.391 e. The van der Waals surface area contributed by atoms with Crippen molar-refractivity contribution in [2.45, 2.75) is 45.1 Å². The highest BCUT2D eigenvalue weighted by Gasteiger charge is 2.36. The summed E-state index contributed by atoms with van der Waals surface area (Å²) in [6.07, 6.45) is 1.94. The zero-order chi connectivity index (χ0) is 14.3. The molecule has 0 atom stereocenters. The summed E-state index contributed by atoms with van der Waals surface area (Å²) in [5.74, 6) is 0. The highest BCUT2D eigenvalue weighted by atomic mass is 32.2. The summed E-state index contributed by atoms with van der Waals surface area (Å²) in [5.41, 5.74) is 0.756. The summed E-state index contributed by atoms with van der Waals surface area (Å²) in [6, 6.07) is 0. The third-order valence-corrected chi connectivity index (χ3v) is 6.89. The third-order valence-electron chi connectivity index (χ3n) is 3.60. The molecule has 4 nitrogen and oxygen atoms in total. The van der Waals surface area contributed by atoms with Gasteiger partial charge in [0, 0.05) is 13.1 Å². The van der Waals surface area contributed by atoms with Crippen LogP contribution in [0, 0.1) is 12.3 Å². The molecule has 108 valence electrons. The predicted molar refractivity (Wildman–Crippen MR) is 76.8 cm³/mol. The number of aliphatic hydroxyl groups is 1. The van der Waals surface area contributed by atoms with E-state index in [9.17, 15) is 13.5 Å². The Bertz CT molecular complexity index is 560. The van der Waals surface area contributed by atoms with Crippen LogP contribution in [0.2, 0.25) is 0 Å². The van der Waals surface area contributed by atoms with Gasteiger partial charge >= 0.3 is 0 Å². The lowest BCUT2D eigenvalue weighted by Gasteiger charge is -2.37. The van der Waals surface area contributed by atoms with E-state index in [1.807, 2.05) is 0 Å². The number of piperidine rings is 1. The molecule has 1 fully saturated rings. The van der Waals surface area contributed by atoms with E-state index in [1.54, 1.807) is 16.6 Å². The topological polar surface area (TPSA) is 57.6 Å². The average Bonchev–Trinajstić information content (AvgIpc) is 2.69. The Labute approximate surface area is 119 Å². The molecule has 1 aliphatic rings. The van der Waals surface area contributed by atoms with Crippen LogP contribution in [-0.2, 0) is 16.6 Å². The number of sulfonamides is 1. The fourth-order valence-corrected chi connectivity index (χ4v) is 5.93. The van der Waals surface area contributed by atoms with E-state index < -0.39 is 10.0 Å². The van der Waals surface area contributed by atoms with Gasteiger partial charge in [0.1, 0.15) is 4.90 Å². The molecule has 1 aliphatic heterocycles. The van der Waals surface area contributed by atoms with Crippen molar-refractivity contribution in [1.82, 2.24) is 4.31 Å². The van der Waals surface area contributed by atoms with Crippen LogP contribution < -0.4 is 0 Å². The molecular formula is C13H21NO3S2. The molecule has 1 saturated heterocycles. The molecule has 0 amide bonds. The lowest BCUT2D eigenvalue weighted by atomic mass is 9.85. The first-order chi connectivity index (χ1) is 8.78. The molecule has 0 unspecified atom stereocenters. The SMILES string of the molecule is Cc1csc(CO)c1S(=O)(=O)N1CCCC(C)(C)C1. The van der Waals surface area contributed by atoms with Gasteiger partial charge in [0.25, 0.3) is 0 Å². The van der Waals surface area contributed by atoms with Gasteiger partial charge in [-0.05, 0) is 36.1 Å². The zero-order valence-corrected chi connectivity index (χ0v) is 13.3. The first kappa shape index (κ1) is 15.0. The molecule has 6 heteroatoms. The molecule has 19 heavy (non-hydrogen) atoms. The van der Waals surface area contributed by atoms with Crippen LogP contribution in [0.25, 0.3) is 0 Å². The van der Waals surface area contributed by atoms with Crippen molar-refractivity contribution in [1.29, 1.82) is 0 Å². The number of rotatable bonds is 3. The van der Waals surface area contributed by atoms with Crippen molar-refractivity contribution < 1.29 is 13.5 Å². The van der Waals surface area contributed by atoms with E-state index in [2.05, 4.69) is 13.8 Å². The van der Waals surface area contributed by atoms with E-state index >= 15 is 0 Å². The zero-order valence-electron chi connectivity index (χ0n) is 11.6. The first-order valence-electron chi connectivity index (χ1n) is 6.46. The number of hydrogen-bond donors (Lipinski definition) is 1. The van der Waals surface area contributed by atoms with Gasteiger partial charge in [-0.1, -0.05) is 13.8 Å². The maximum absolute atomic E-state index is 12.8. The van der Waals surface area contributed by atoms with Gasteiger partial charge < -0.3 is 5.11 Å². The van der Waals surface area contributed by atoms with E-state index in [0.29, 0.717) is 22.9 Å². The van der Waals surface area contributed by atoms with Crippen LogP contribution in [0.1, 0.15) is 37.1 Å². The summed E-state index contributed by atoms with van der Waals surface area (Å²) in [5, 5.41) is 11.1. The van der Waals surface area contributed by atoms with Crippen molar-refractivity contribution in [2.75, 3.05) is 13.1 Å². The molecule has 0 saturated carbocycles. The van der Waals surface area contributed by atoms with Gasteiger partial charge in [-0.15, -0.1) is 11.3 Å². The van der Waals surface area contributed by atoms with Crippen LogP contribution >= 0.6 is 11.3 Å². The first-order valence-corrected chi connectivity index (χ1v) is 8.78. The minimum absolute atomic E-state index is 0.0224. The quantitative estimate of drug-likeness (QED) is 0.932. The molecule has 1 aromatic heterocycles. The second-order valence-electron chi connectivity index (χ2n) is 5.94. The molecule has 0 aliphatic carbocycles. The number of aryl methyl sites for hydroxylation is 1. The average molecular weight is 303 g/mol. The van der Waals surface area contributed by atoms with Crippen molar-refractivity contribution in [3.8, 4) is 0 Å². The van der Waals surface area contributed by atoms with Gasteiger partial charge in [0.05, 0.1) is 11.5 Å². The van der Waals surface area contributed by atoms with Crippen molar-refractivity contribution in [3.63, 3.8) is 0 Å². The van der Waals surface area contributed by atoms with E-state index in [0.717, 1.165) is 18.4 Å². The maximum atomic E-state index is 12.8. The highest BCUT2D eigenvalue weighted by Crippen LogP contribution is 2.35. The van der Waals surface area contributed by atoms with Crippen molar-refractivity contribution >= 4 is 21.4 Å². The monoisotopic (exact) mass is 303 g/mol. The lowest BCUT2D eigenvalue weighted by molar-refractivity contribution is 0.186. The van der Waals surface area contributed by atoms with Crippen molar-refractivity contribution in [3.05, 3.63) is 15.8 Å². The molecule has 2 heterocycles. The Morgan fingerprint density at radius 3 is 2.74 bits per heavy atom. The number of hydrogen-bond acceptors (Lipinski definition) is 4. The van der Waals surface area contributed by atoms with Gasteiger partial charge in [-0.25, -0.2) is 8.42 Å². The molecule has 1 aromatic rings. The van der Waals surface area contributed by atoms with E-state index in [4.69, 9.17) is 0 Å². The number of aliphatic hydroxyl groups excluding tert-OH is 1. The molecule has 0 aromatic carbocycles. The molecule has 0 spiro atoms. The molecule has 1 N–H and O–H groups in total. The van der Waals surface area contributed by atoms with Gasteiger partial charge in [-0.2, -0.15) is 4.31 Å². The summed E-state index contributed by atoms with van der Waals surface area (Å²) in [6.45, 7) is 6.90. The fourth-order valence-electron chi connectivity index (χ4n) is 2.65. The van der Waals surface area contributed by atoms with Crippen molar-refractivity contribution in [2.24, 2.45) is 5.41 Å². The van der Waals surface area contributed by atoms with Crippen LogP contribution in [0.4, 0.5) is 0 Å². The Balaban J connectivity index is 2.39. The standard InChI is InChI=1S/C13H21NO3S2/c1-10-8-18-11(7-15)12(10)19(16,17)14-6-4-5-13(2,3)9-14/h8,15H,4-7,9H2,1-3H3. The third kappa shape index (κ3) is 2.86. The Hall–Kier alpha value is -0.430. The highest BCUT2D eigenvalue weighted by molar-refractivity contribution is 7.89. The van der Waals surface area contributed by atoms with Gasteiger partial charge in [0.2, 0.25) is 10.0 Å². The van der Waals surface area contributed by atoms with Crippen LogP contribution in [0.15, 0.2) is 10.3 Å². The van der Waals surface area contributed by atoms with Crippen LogP contribution in [0.5, 0.6) is 0 Å². The van der Waals surface area contributed by atoms with E-state index in [-0.39, 0.29) is 12.0 Å². The molecular weight excluding hydrogens is 282 g/mol. The predicted octanol–water partition coefficient (Wildman–Crippen LogP) is 2.36. The fraction of sp³-hybridized carbons (Fsp3) is 0.692. The molecule has 2 rings (SSSR count). The van der Waals surface area contributed by atoms with Crippen LogP contribution in [-0.4, -0.2) is 30.9 Å². The van der Waals surface area contributed by atoms with Gasteiger partial charge in [0.15, 0.2) is 0 Å². The second kappa shape index (κ2) is 5.16. The molecule has 0 bridgehead atoms. The Kier molecular flexibility index (Phi) is 4.07. The smallest absolute Gasteiger partial charge is 0.244 e. The Morgan fingerprint density at radius 1 is 1.47 bits per heavy atom. The normalized spacial score (nSPS) is 20.6.